The summed E-state index contributed by atoms with van der Waals surface area (Å²) < 4.78 is 0. The fraction of sp³-hybridized carbons (Fsp3) is 0.778. The first kappa shape index (κ1) is 8.08. The van der Waals surface area contributed by atoms with Gasteiger partial charge in [-0.25, -0.2) is 0 Å². The summed E-state index contributed by atoms with van der Waals surface area (Å²) in [5.41, 5.74) is 1.39. The van der Waals surface area contributed by atoms with Gasteiger partial charge in [-0.2, -0.15) is 0 Å². The lowest BCUT2D eigenvalue weighted by molar-refractivity contribution is 0.190. The number of aliphatic hydroxyl groups excluding tert-OH is 1. The molecule has 2 aliphatic rings. The summed E-state index contributed by atoms with van der Waals surface area (Å²) in [4.78, 5) is 0. The van der Waals surface area contributed by atoms with Crippen LogP contribution in [-0.2, 0) is 0 Å². The van der Waals surface area contributed by atoms with Gasteiger partial charge in [0.25, 0.3) is 0 Å². The Balaban J connectivity index is 2.08. The van der Waals surface area contributed by atoms with Crippen molar-refractivity contribution in [2.75, 3.05) is 13.2 Å². The Morgan fingerprint density at radius 1 is 1.67 bits per heavy atom. The molecule has 1 saturated heterocycles. The standard InChI is InChI=1S/C9H16N2O/c1-6-2-8-7(5-12)4-11-9(8)10-3-6/h3,7-12H,2,4-5H2,1H3/t7-,8?,9-/m0/s1. The van der Waals surface area contributed by atoms with Gasteiger partial charge in [-0.3, -0.25) is 5.32 Å². The van der Waals surface area contributed by atoms with Crippen molar-refractivity contribution in [2.24, 2.45) is 11.8 Å². The third kappa shape index (κ3) is 1.23. The molecular formula is C9H16N2O. The molecule has 3 atom stereocenters. The van der Waals surface area contributed by atoms with E-state index in [-0.39, 0.29) is 0 Å². The third-order valence-electron chi connectivity index (χ3n) is 2.94. The Morgan fingerprint density at radius 3 is 3.25 bits per heavy atom. The van der Waals surface area contributed by atoms with Crippen molar-refractivity contribution in [2.45, 2.75) is 19.5 Å². The number of nitrogens with one attached hydrogen (secondary N) is 2. The van der Waals surface area contributed by atoms with E-state index in [1.165, 1.54) is 5.57 Å². The van der Waals surface area contributed by atoms with Crippen molar-refractivity contribution < 1.29 is 5.11 Å². The van der Waals surface area contributed by atoms with Crippen molar-refractivity contribution >= 4 is 0 Å². The molecule has 2 heterocycles. The molecule has 0 amide bonds. The molecule has 0 aromatic rings. The van der Waals surface area contributed by atoms with Gasteiger partial charge in [0, 0.05) is 25.0 Å². The summed E-state index contributed by atoms with van der Waals surface area (Å²) in [6, 6.07) is 0. The van der Waals surface area contributed by atoms with Gasteiger partial charge in [-0.1, -0.05) is 5.57 Å². The van der Waals surface area contributed by atoms with Gasteiger partial charge >= 0.3 is 0 Å². The molecule has 2 aliphatic heterocycles. The quantitative estimate of drug-likeness (QED) is 0.518. The zero-order chi connectivity index (χ0) is 8.55. The third-order valence-corrected chi connectivity index (χ3v) is 2.94. The minimum absolute atomic E-state index is 0.309. The SMILES string of the molecule is CC1=CN[C@H]2NC[C@@H](CO)C2C1. The topological polar surface area (TPSA) is 44.3 Å². The largest absolute Gasteiger partial charge is 0.396 e. The van der Waals surface area contributed by atoms with E-state index in [9.17, 15) is 0 Å². The molecule has 3 N–H and O–H groups in total. The Kier molecular flexibility index (Phi) is 2.07. The van der Waals surface area contributed by atoms with Crippen molar-refractivity contribution in [3.05, 3.63) is 11.8 Å². The maximum Gasteiger partial charge on any atom is 0.0799 e. The van der Waals surface area contributed by atoms with Gasteiger partial charge < -0.3 is 10.4 Å². The number of fused-ring (bicyclic) bond motifs is 1. The van der Waals surface area contributed by atoms with Gasteiger partial charge in [0.1, 0.15) is 0 Å². The van der Waals surface area contributed by atoms with Crippen LogP contribution in [0.2, 0.25) is 0 Å². The van der Waals surface area contributed by atoms with Crippen LogP contribution < -0.4 is 10.6 Å². The number of allylic oxidation sites excluding steroid dienone is 1. The molecule has 3 heteroatoms. The minimum atomic E-state index is 0.309. The van der Waals surface area contributed by atoms with E-state index in [0.717, 1.165) is 13.0 Å². The summed E-state index contributed by atoms with van der Waals surface area (Å²) in [6.07, 6.45) is 3.59. The summed E-state index contributed by atoms with van der Waals surface area (Å²) >= 11 is 0. The van der Waals surface area contributed by atoms with Crippen LogP contribution in [0.1, 0.15) is 13.3 Å². The fourth-order valence-corrected chi connectivity index (χ4v) is 2.18. The Morgan fingerprint density at radius 2 is 2.50 bits per heavy atom. The lowest BCUT2D eigenvalue weighted by Gasteiger charge is -2.28. The molecule has 0 aromatic carbocycles. The Labute approximate surface area is 72.9 Å². The van der Waals surface area contributed by atoms with Gasteiger partial charge in [0.05, 0.1) is 6.17 Å². The molecular weight excluding hydrogens is 152 g/mol. The van der Waals surface area contributed by atoms with Gasteiger partial charge in [0.15, 0.2) is 0 Å². The highest BCUT2D eigenvalue weighted by molar-refractivity contribution is 5.08. The van der Waals surface area contributed by atoms with E-state index < -0.39 is 0 Å². The van der Waals surface area contributed by atoms with Crippen molar-refractivity contribution in [3.63, 3.8) is 0 Å². The highest BCUT2D eigenvalue weighted by Gasteiger charge is 2.36. The molecule has 0 spiro atoms. The zero-order valence-electron chi connectivity index (χ0n) is 7.38. The van der Waals surface area contributed by atoms with Crippen molar-refractivity contribution in [1.82, 2.24) is 10.6 Å². The molecule has 2 rings (SSSR count). The lowest BCUT2D eigenvalue weighted by Crippen LogP contribution is -2.41. The van der Waals surface area contributed by atoms with E-state index in [2.05, 4.69) is 23.8 Å². The van der Waals surface area contributed by atoms with E-state index in [0.29, 0.717) is 24.6 Å². The molecule has 12 heavy (non-hydrogen) atoms. The molecule has 0 bridgehead atoms. The molecule has 0 aromatic heterocycles. The van der Waals surface area contributed by atoms with E-state index in [1.54, 1.807) is 0 Å². The number of hydrogen-bond donors (Lipinski definition) is 3. The van der Waals surface area contributed by atoms with E-state index in [4.69, 9.17) is 5.11 Å². The zero-order valence-corrected chi connectivity index (χ0v) is 7.38. The summed E-state index contributed by atoms with van der Waals surface area (Å²) in [5.74, 6) is 1.02. The van der Waals surface area contributed by atoms with Crippen LogP contribution in [-0.4, -0.2) is 24.4 Å². The van der Waals surface area contributed by atoms with Crippen LogP contribution in [0.25, 0.3) is 0 Å². The first-order valence-electron chi connectivity index (χ1n) is 4.57. The Hall–Kier alpha value is -0.540. The average molecular weight is 168 g/mol. The van der Waals surface area contributed by atoms with E-state index >= 15 is 0 Å². The predicted octanol–water partition coefficient (Wildman–Crippen LogP) is 0.0375. The first-order chi connectivity index (χ1) is 5.81. The molecule has 1 unspecified atom stereocenters. The maximum absolute atomic E-state index is 9.10. The second kappa shape index (κ2) is 3.07. The Bertz CT molecular complexity index is 203. The van der Waals surface area contributed by atoms with Crippen LogP contribution in [0.3, 0.4) is 0 Å². The van der Waals surface area contributed by atoms with Crippen molar-refractivity contribution in [1.29, 1.82) is 0 Å². The summed E-state index contributed by atoms with van der Waals surface area (Å²) in [6.45, 7) is 3.39. The smallest absolute Gasteiger partial charge is 0.0799 e. The number of hydrogen-bond acceptors (Lipinski definition) is 3. The first-order valence-corrected chi connectivity index (χ1v) is 4.57. The van der Waals surface area contributed by atoms with Gasteiger partial charge in [-0.15, -0.1) is 0 Å². The molecule has 0 saturated carbocycles. The highest BCUT2D eigenvalue weighted by Crippen LogP contribution is 2.29. The monoisotopic (exact) mass is 168 g/mol. The lowest BCUT2D eigenvalue weighted by atomic mass is 9.87. The van der Waals surface area contributed by atoms with Crippen molar-refractivity contribution in [3.8, 4) is 0 Å². The summed E-state index contributed by atoms with van der Waals surface area (Å²) in [7, 11) is 0. The molecule has 68 valence electrons. The molecule has 0 aliphatic carbocycles. The molecule has 1 fully saturated rings. The van der Waals surface area contributed by atoms with E-state index in [1.807, 2.05) is 0 Å². The molecule has 3 nitrogen and oxygen atoms in total. The van der Waals surface area contributed by atoms with Gasteiger partial charge in [0.2, 0.25) is 0 Å². The second-order valence-corrected chi connectivity index (χ2v) is 3.85. The number of rotatable bonds is 1. The average Bonchev–Trinajstić information content (AvgIpc) is 2.46. The van der Waals surface area contributed by atoms with Gasteiger partial charge in [-0.05, 0) is 19.5 Å². The highest BCUT2D eigenvalue weighted by atomic mass is 16.3. The van der Waals surface area contributed by atoms with Crippen LogP contribution in [0.5, 0.6) is 0 Å². The molecule has 0 radical (unpaired) electrons. The van der Waals surface area contributed by atoms with Crippen LogP contribution >= 0.6 is 0 Å². The van der Waals surface area contributed by atoms with Crippen LogP contribution in [0, 0.1) is 11.8 Å². The van der Waals surface area contributed by atoms with Crippen LogP contribution in [0.4, 0.5) is 0 Å². The minimum Gasteiger partial charge on any atom is -0.396 e. The number of aliphatic hydroxyl groups is 1. The fourth-order valence-electron chi connectivity index (χ4n) is 2.18. The maximum atomic E-state index is 9.10. The van der Waals surface area contributed by atoms with Crippen LogP contribution in [0.15, 0.2) is 11.8 Å². The predicted molar refractivity (Wildman–Crippen MR) is 47.4 cm³/mol. The second-order valence-electron chi connectivity index (χ2n) is 3.85. The normalized spacial score (nSPS) is 40.2. The summed E-state index contributed by atoms with van der Waals surface area (Å²) in [5, 5.41) is 15.8.